The van der Waals surface area contributed by atoms with E-state index in [1.165, 1.54) is 11.3 Å². The molecule has 0 fully saturated rings. The fraction of sp³-hybridized carbons (Fsp3) is 0.118. The third-order valence-corrected chi connectivity index (χ3v) is 3.10. The first-order valence-electron chi connectivity index (χ1n) is 6.97. The van der Waals surface area contributed by atoms with Crippen LogP contribution in [0.15, 0.2) is 65.8 Å². The minimum absolute atomic E-state index is 0.558. The summed E-state index contributed by atoms with van der Waals surface area (Å²) in [4.78, 5) is 23.7. The molecule has 2 heterocycles. The normalized spacial score (nSPS) is 12.8. The molecule has 1 aromatic carbocycles. The van der Waals surface area contributed by atoms with Crippen molar-refractivity contribution in [3.63, 3.8) is 0 Å². The lowest BCUT2D eigenvalue weighted by Crippen LogP contribution is -2.18. The molecule has 0 bridgehead atoms. The number of aliphatic carboxylic acids is 2. The van der Waals surface area contributed by atoms with Gasteiger partial charge in [-0.05, 0) is 12.1 Å². The maximum atomic E-state index is 9.55. The smallest absolute Gasteiger partial charge is 0.328 e. The Balaban J connectivity index is 0.000000207. The molecule has 6 heteroatoms. The monoisotopic (exact) mass is 312 g/mol. The molecule has 6 nitrogen and oxygen atoms in total. The minimum atomic E-state index is -1.26. The van der Waals surface area contributed by atoms with Gasteiger partial charge in [-0.2, -0.15) is 0 Å². The van der Waals surface area contributed by atoms with Gasteiger partial charge in [0.15, 0.2) is 0 Å². The molecule has 0 unspecified atom stereocenters. The quantitative estimate of drug-likeness (QED) is 0.848. The lowest BCUT2D eigenvalue weighted by atomic mass is 10.1. The molecule has 1 aromatic heterocycles. The van der Waals surface area contributed by atoms with Crippen LogP contribution < -0.4 is 0 Å². The van der Waals surface area contributed by atoms with Gasteiger partial charge in [0.1, 0.15) is 0 Å². The van der Waals surface area contributed by atoms with Crippen molar-refractivity contribution >= 4 is 17.7 Å². The number of rotatable bonds is 3. The van der Waals surface area contributed by atoms with Gasteiger partial charge in [0.05, 0.1) is 18.0 Å². The van der Waals surface area contributed by atoms with Gasteiger partial charge in [0.2, 0.25) is 0 Å². The molecular weight excluding hydrogens is 296 g/mol. The molecule has 3 rings (SSSR count). The van der Waals surface area contributed by atoms with E-state index in [1.54, 1.807) is 0 Å². The highest BCUT2D eigenvalue weighted by Crippen LogP contribution is 2.15. The van der Waals surface area contributed by atoms with Gasteiger partial charge in [-0.1, -0.05) is 30.3 Å². The fourth-order valence-electron chi connectivity index (χ4n) is 2.15. The second kappa shape index (κ2) is 7.74. The Hall–Kier alpha value is -3.15. The van der Waals surface area contributed by atoms with Crippen molar-refractivity contribution < 1.29 is 19.8 Å². The lowest BCUT2D eigenvalue weighted by Gasteiger charge is -2.16. The van der Waals surface area contributed by atoms with Crippen molar-refractivity contribution in [3.05, 3.63) is 72.1 Å². The van der Waals surface area contributed by atoms with E-state index >= 15 is 0 Å². The van der Waals surface area contributed by atoms with E-state index in [1.807, 2.05) is 6.07 Å². The Morgan fingerprint density at radius 2 is 1.65 bits per heavy atom. The zero-order chi connectivity index (χ0) is 16.7. The Kier molecular flexibility index (Phi) is 5.46. The zero-order valence-corrected chi connectivity index (χ0v) is 12.3. The number of hydrogen-bond acceptors (Lipinski definition) is 3. The number of fused-ring (bicyclic) bond motifs is 1. The molecule has 0 saturated heterocycles. The number of nitrogens with zero attached hydrogens (tertiary/aromatic N) is 2. The molecule has 0 radical (unpaired) electrons. The summed E-state index contributed by atoms with van der Waals surface area (Å²) in [5.74, 6) is -2.51. The van der Waals surface area contributed by atoms with E-state index in [9.17, 15) is 9.59 Å². The van der Waals surface area contributed by atoms with E-state index in [0.29, 0.717) is 12.2 Å². The number of hydrogen-bond donors (Lipinski definition) is 2. The van der Waals surface area contributed by atoms with Gasteiger partial charge in [0, 0.05) is 30.5 Å². The first-order chi connectivity index (χ1) is 11.1. The van der Waals surface area contributed by atoms with Gasteiger partial charge < -0.3 is 14.8 Å². The van der Waals surface area contributed by atoms with Gasteiger partial charge in [-0.3, -0.25) is 4.99 Å². The molecule has 0 amide bonds. The molecule has 1 aliphatic heterocycles. The van der Waals surface area contributed by atoms with Crippen LogP contribution in [0.4, 0.5) is 0 Å². The van der Waals surface area contributed by atoms with Crippen molar-refractivity contribution in [2.24, 2.45) is 4.99 Å². The lowest BCUT2D eigenvalue weighted by molar-refractivity contribution is -0.134. The second-order valence-corrected chi connectivity index (χ2v) is 4.69. The van der Waals surface area contributed by atoms with Crippen LogP contribution in [-0.4, -0.2) is 39.0 Å². The summed E-state index contributed by atoms with van der Waals surface area (Å²) in [6.07, 6.45) is 3.23. The van der Waals surface area contributed by atoms with E-state index in [4.69, 9.17) is 10.2 Å². The molecule has 0 spiro atoms. The number of aromatic nitrogens is 1. The van der Waals surface area contributed by atoms with Crippen LogP contribution in [0.5, 0.6) is 0 Å². The van der Waals surface area contributed by atoms with Crippen molar-refractivity contribution in [2.45, 2.75) is 6.54 Å². The largest absolute Gasteiger partial charge is 0.478 e. The molecule has 1 aliphatic rings. The summed E-state index contributed by atoms with van der Waals surface area (Å²) >= 11 is 0. The molecule has 2 aromatic rings. The summed E-state index contributed by atoms with van der Waals surface area (Å²) in [6.45, 7) is 1.88. The third-order valence-electron chi connectivity index (χ3n) is 3.10. The van der Waals surface area contributed by atoms with Crippen LogP contribution in [0, 0.1) is 0 Å². The minimum Gasteiger partial charge on any atom is -0.478 e. The number of carboxylic acids is 2. The first kappa shape index (κ1) is 16.2. The maximum absolute atomic E-state index is 9.55. The van der Waals surface area contributed by atoms with Crippen molar-refractivity contribution in [1.29, 1.82) is 0 Å². The van der Waals surface area contributed by atoms with Gasteiger partial charge in [-0.25, -0.2) is 9.59 Å². The Morgan fingerprint density at radius 1 is 1.00 bits per heavy atom. The Labute approximate surface area is 133 Å². The highest BCUT2D eigenvalue weighted by atomic mass is 16.4. The summed E-state index contributed by atoms with van der Waals surface area (Å²) in [7, 11) is 0. The average molecular weight is 312 g/mol. The van der Waals surface area contributed by atoms with Crippen molar-refractivity contribution in [1.82, 2.24) is 4.57 Å². The van der Waals surface area contributed by atoms with Gasteiger partial charge in [-0.15, -0.1) is 0 Å². The van der Waals surface area contributed by atoms with E-state index in [2.05, 4.69) is 52.2 Å². The Morgan fingerprint density at radius 3 is 2.26 bits per heavy atom. The molecule has 0 atom stereocenters. The Bertz CT molecular complexity index is 729. The standard InChI is InChI=1S/C13H12N2.C4H4O4/c1-2-5-11(6-3-1)13-12-7-4-9-15(12)10-8-14-13;5-3(6)1-2-4(7)8/h1-7,9H,8,10H2;1-2H,(H,5,6)(H,7,8)/b;2-1-. The highest BCUT2D eigenvalue weighted by Gasteiger charge is 2.13. The van der Waals surface area contributed by atoms with E-state index in [-0.39, 0.29) is 0 Å². The van der Waals surface area contributed by atoms with E-state index < -0.39 is 11.9 Å². The van der Waals surface area contributed by atoms with Crippen LogP contribution in [0.2, 0.25) is 0 Å². The van der Waals surface area contributed by atoms with Crippen molar-refractivity contribution in [2.75, 3.05) is 6.54 Å². The number of aliphatic imine (C=N–C) groups is 1. The number of carbonyl (C=O) groups is 2. The van der Waals surface area contributed by atoms with Crippen LogP contribution in [0.1, 0.15) is 11.3 Å². The first-order valence-corrected chi connectivity index (χ1v) is 6.97. The van der Waals surface area contributed by atoms with Gasteiger partial charge >= 0.3 is 11.9 Å². The van der Waals surface area contributed by atoms with E-state index in [0.717, 1.165) is 18.8 Å². The van der Waals surface area contributed by atoms with Crippen LogP contribution in [0.3, 0.4) is 0 Å². The SMILES string of the molecule is O=C(O)/C=C\C(=O)O.c1ccc(C2=NCCn3cccc32)cc1. The summed E-state index contributed by atoms with van der Waals surface area (Å²) in [6, 6.07) is 14.6. The second-order valence-electron chi connectivity index (χ2n) is 4.69. The molecule has 0 saturated carbocycles. The summed E-state index contributed by atoms with van der Waals surface area (Å²) in [5, 5.41) is 15.6. The highest BCUT2D eigenvalue weighted by molar-refractivity contribution is 6.12. The van der Waals surface area contributed by atoms with Crippen LogP contribution in [0.25, 0.3) is 0 Å². The average Bonchev–Trinajstić information content (AvgIpc) is 3.03. The maximum Gasteiger partial charge on any atom is 0.328 e. The van der Waals surface area contributed by atoms with Crippen molar-refractivity contribution in [3.8, 4) is 0 Å². The molecule has 0 aliphatic carbocycles. The predicted molar refractivity (Wildman–Crippen MR) is 85.8 cm³/mol. The molecule has 118 valence electrons. The van der Waals surface area contributed by atoms with Crippen LogP contribution >= 0.6 is 0 Å². The van der Waals surface area contributed by atoms with Crippen LogP contribution in [-0.2, 0) is 16.1 Å². The predicted octanol–water partition coefficient (Wildman–Crippen LogP) is 2.05. The number of benzene rings is 1. The third kappa shape index (κ3) is 4.67. The topological polar surface area (TPSA) is 91.9 Å². The van der Waals surface area contributed by atoms with Gasteiger partial charge in [0.25, 0.3) is 0 Å². The molecular formula is C17H16N2O4. The summed E-state index contributed by atoms with van der Waals surface area (Å²) in [5.41, 5.74) is 3.55. The molecule has 2 N–H and O–H groups in total. The fourth-order valence-corrected chi connectivity index (χ4v) is 2.15. The number of carboxylic acid groups (broad SMARTS) is 2. The zero-order valence-electron chi connectivity index (χ0n) is 12.3. The molecule has 23 heavy (non-hydrogen) atoms. The summed E-state index contributed by atoms with van der Waals surface area (Å²) < 4.78 is 2.26.